The Hall–Kier alpha value is -2.76. The highest BCUT2D eigenvalue weighted by Gasteiger charge is 2.18. The van der Waals surface area contributed by atoms with E-state index in [0.29, 0.717) is 12.1 Å². The number of hydrogen-bond donors (Lipinski definition) is 2. The summed E-state index contributed by atoms with van der Waals surface area (Å²) < 4.78 is 4.93. The first-order chi connectivity index (χ1) is 9.72. The second-order valence-corrected chi connectivity index (χ2v) is 4.15. The number of furan rings is 1. The largest absolute Gasteiger partial charge is 0.472 e. The van der Waals surface area contributed by atoms with E-state index in [0.717, 1.165) is 5.69 Å². The molecule has 0 spiro atoms. The van der Waals surface area contributed by atoms with Crippen molar-refractivity contribution in [1.29, 1.82) is 0 Å². The van der Waals surface area contributed by atoms with Gasteiger partial charge in [0.05, 0.1) is 11.8 Å². The predicted octanol–water partition coefficient (Wildman–Crippen LogP) is 2.06. The van der Waals surface area contributed by atoms with Gasteiger partial charge in [-0.15, -0.1) is 0 Å². The molecule has 1 amide bonds. The van der Waals surface area contributed by atoms with Crippen LogP contribution in [-0.4, -0.2) is 23.5 Å². The van der Waals surface area contributed by atoms with Gasteiger partial charge in [-0.25, -0.2) is 0 Å². The van der Waals surface area contributed by atoms with E-state index in [1.54, 1.807) is 11.0 Å². The molecule has 1 aromatic carbocycles. The average Bonchev–Trinajstić information content (AvgIpc) is 3.02. The molecule has 0 saturated carbocycles. The Labute approximate surface area is 116 Å². The van der Waals surface area contributed by atoms with Crippen LogP contribution >= 0.6 is 0 Å². The van der Waals surface area contributed by atoms with E-state index in [-0.39, 0.29) is 18.2 Å². The van der Waals surface area contributed by atoms with Crippen molar-refractivity contribution in [3.05, 3.63) is 54.5 Å². The van der Waals surface area contributed by atoms with E-state index in [2.05, 4.69) is 5.16 Å². The fourth-order valence-electron chi connectivity index (χ4n) is 1.77. The molecule has 1 heterocycles. The van der Waals surface area contributed by atoms with Gasteiger partial charge in [0.15, 0.2) is 0 Å². The highest BCUT2D eigenvalue weighted by Crippen LogP contribution is 2.17. The maximum atomic E-state index is 12.4. The van der Waals surface area contributed by atoms with Crippen LogP contribution < -0.4 is 10.6 Å². The summed E-state index contributed by atoms with van der Waals surface area (Å²) in [5, 5.41) is 11.5. The highest BCUT2D eigenvalue weighted by molar-refractivity contribution is 6.06. The molecule has 0 aliphatic rings. The van der Waals surface area contributed by atoms with Crippen LogP contribution in [0.3, 0.4) is 0 Å². The fraction of sp³-hybridized carbons (Fsp3) is 0.143. The Balaban J connectivity index is 2.22. The maximum Gasteiger partial charge on any atom is 0.261 e. The van der Waals surface area contributed by atoms with Crippen LogP contribution in [0.25, 0.3) is 0 Å². The zero-order valence-corrected chi connectivity index (χ0v) is 10.8. The third-order valence-electron chi connectivity index (χ3n) is 2.80. The number of nitrogens with zero attached hydrogens (tertiary/aromatic N) is 2. The first-order valence-corrected chi connectivity index (χ1v) is 6.08. The lowest BCUT2D eigenvalue weighted by atomic mass is 10.2. The van der Waals surface area contributed by atoms with Gasteiger partial charge in [-0.3, -0.25) is 4.79 Å². The summed E-state index contributed by atoms with van der Waals surface area (Å²) in [5.74, 6) is -0.124. The number of amides is 1. The number of para-hydroxylation sites is 1. The first-order valence-electron chi connectivity index (χ1n) is 6.08. The monoisotopic (exact) mass is 273 g/mol. The Kier molecular flexibility index (Phi) is 4.39. The van der Waals surface area contributed by atoms with E-state index in [9.17, 15) is 4.79 Å². The molecule has 0 bridgehead atoms. The van der Waals surface area contributed by atoms with Gasteiger partial charge in [-0.2, -0.15) is 0 Å². The molecular formula is C14H15N3O3. The van der Waals surface area contributed by atoms with Crippen molar-refractivity contribution < 1.29 is 14.4 Å². The number of hydrogen-bond acceptors (Lipinski definition) is 4. The number of carbonyl (C=O) groups is 1. The van der Waals surface area contributed by atoms with Gasteiger partial charge in [-0.05, 0) is 18.2 Å². The van der Waals surface area contributed by atoms with Gasteiger partial charge in [0.25, 0.3) is 5.91 Å². The van der Waals surface area contributed by atoms with E-state index in [1.807, 2.05) is 30.3 Å². The number of oxime groups is 1. The summed E-state index contributed by atoms with van der Waals surface area (Å²) in [6.07, 6.45) is 3.11. The predicted molar refractivity (Wildman–Crippen MR) is 74.9 cm³/mol. The van der Waals surface area contributed by atoms with E-state index in [4.69, 9.17) is 15.4 Å². The summed E-state index contributed by atoms with van der Waals surface area (Å²) in [5.41, 5.74) is 6.65. The standard InChI is InChI=1S/C14H15N3O3/c15-13(16-19)6-8-17(12-4-2-1-3-5-12)14(18)11-7-9-20-10-11/h1-5,7,9-10,19H,6,8H2,(H2,15,16). The van der Waals surface area contributed by atoms with E-state index < -0.39 is 0 Å². The molecule has 0 aliphatic carbocycles. The van der Waals surface area contributed by atoms with Gasteiger partial charge in [-0.1, -0.05) is 23.4 Å². The van der Waals surface area contributed by atoms with E-state index in [1.165, 1.54) is 12.5 Å². The molecule has 2 aromatic rings. The van der Waals surface area contributed by atoms with Crippen LogP contribution in [0.5, 0.6) is 0 Å². The Morgan fingerprint density at radius 2 is 2.05 bits per heavy atom. The quantitative estimate of drug-likeness (QED) is 0.377. The summed E-state index contributed by atoms with van der Waals surface area (Å²) >= 11 is 0. The molecule has 0 aliphatic heterocycles. The lowest BCUT2D eigenvalue weighted by molar-refractivity contribution is 0.0987. The number of benzene rings is 1. The molecule has 2 rings (SSSR count). The second-order valence-electron chi connectivity index (χ2n) is 4.15. The average molecular weight is 273 g/mol. The smallest absolute Gasteiger partial charge is 0.261 e. The van der Waals surface area contributed by atoms with Gasteiger partial charge in [0, 0.05) is 18.7 Å². The molecule has 6 nitrogen and oxygen atoms in total. The van der Waals surface area contributed by atoms with Crippen LogP contribution in [0.2, 0.25) is 0 Å². The minimum Gasteiger partial charge on any atom is -0.472 e. The fourth-order valence-corrected chi connectivity index (χ4v) is 1.77. The van der Waals surface area contributed by atoms with Crippen molar-refractivity contribution in [2.75, 3.05) is 11.4 Å². The highest BCUT2D eigenvalue weighted by atomic mass is 16.4. The lowest BCUT2D eigenvalue weighted by Gasteiger charge is -2.22. The van der Waals surface area contributed by atoms with Crippen molar-refractivity contribution in [1.82, 2.24) is 0 Å². The SMILES string of the molecule is N/C(CCN(C(=O)c1ccoc1)c1ccccc1)=N/O. The molecule has 0 saturated heterocycles. The summed E-state index contributed by atoms with van der Waals surface area (Å²) in [6.45, 7) is 0.309. The minimum atomic E-state index is -0.198. The van der Waals surface area contributed by atoms with Gasteiger partial charge in [0.2, 0.25) is 0 Å². The number of anilines is 1. The normalized spacial score (nSPS) is 11.3. The van der Waals surface area contributed by atoms with Gasteiger partial charge >= 0.3 is 0 Å². The summed E-state index contributed by atoms with van der Waals surface area (Å²) in [7, 11) is 0. The van der Waals surface area contributed by atoms with Crippen LogP contribution in [-0.2, 0) is 0 Å². The molecule has 20 heavy (non-hydrogen) atoms. The molecule has 3 N–H and O–H groups in total. The lowest BCUT2D eigenvalue weighted by Crippen LogP contribution is -2.33. The number of rotatable bonds is 5. The number of nitrogens with two attached hydrogens (primary N) is 1. The van der Waals surface area contributed by atoms with Crippen LogP contribution in [0.1, 0.15) is 16.8 Å². The molecule has 6 heteroatoms. The van der Waals surface area contributed by atoms with Crippen LogP contribution in [0.4, 0.5) is 5.69 Å². The summed E-state index contributed by atoms with van der Waals surface area (Å²) in [6, 6.07) is 10.8. The molecule has 1 aromatic heterocycles. The Morgan fingerprint density at radius 3 is 2.65 bits per heavy atom. The second kappa shape index (κ2) is 6.42. The van der Waals surface area contributed by atoms with E-state index >= 15 is 0 Å². The van der Waals surface area contributed by atoms with Gasteiger partial charge < -0.3 is 20.3 Å². The van der Waals surface area contributed by atoms with Crippen LogP contribution in [0, 0.1) is 0 Å². The third-order valence-corrected chi connectivity index (χ3v) is 2.80. The van der Waals surface area contributed by atoms with Crippen molar-refractivity contribution in [2.45, 2.75) is 6.42 Å². The topological polar surface area (TPSA) is 92.1 Å². The Bertz CT molecular complexity index is 579. The molecule has 0 unspecified atom stereocenters. The molecule has 0 fully saturated rings. The van der Waals surface area contributed by atoms with Gasteiger partial charge in [0.1, 0.15) is 12.1 Å². The molecule has 104 valence electrons. The molecule has 0 radical (unpaired) electrons. The summed E-state index contributed by atoms with van der Waals surface area (Å²) in [4.78, 5) is 14.0. The van der Waals surface area contributed by atoms with Crippen molar-refractivity contribution >= 4 is 17.4 Å². The van der Waals surface area contributed by atoms with Crippen LogP contribution in [0.15, 0.2) is 58.5 Å². The maximum absolute atomic E-state index is 12.4. The molecular weight excluding hydrogens is 258 g/mol. The number of carbonyl (C=O) groups excluding carboxylic acids is 1. The van der Waals surface area contributed by atoms with Crippen molar-refractivity contribution in [2.24, 2.45) is 10.9 Å². The molecule has 0 atom stereocenters. The van der Waals surface area contributed by atoms with Crippen molar-refractivity contribution in [3.63, 3.8) is 0 Å². The van der Waals surface area contributed by atoms with Crippen molar-refractivity contribution in [3.8, 4) is 0 Å². The minimum absolute atomic E-state index is 0.0749. The zero-order chi connectivity index (χ0) is 14.4. The Morgan fingerprint density at radius 1 is 1.30 bits per heavy atom. The zero-order valence-electron chi connectivity index (χ0n) is 10.8. The first kappa shape index (κ1) is 13.7. The third kappa shape index (κ3) is 3.17. The number of amidine groups is 1.